The molecule has 1 rings (SSSR count). The van der Waals surface area contributed by atoms with E-state index in [2.05, 4.69) is 75.2 Å². The molecule has 0 heterocycles. The fourth-order valence-corrected chi connectivity index (χ4v) is 2.37. The van der Waals surface area contributed by atoms with E-state index in [0.717, 1.165) is 22.0 Å². The van der Waals surface area contributed by atoms with Crippen LogP contribution in [0.1, 0.15) is 12.5 Å². The summed E-state index contributed by atoms with van der Waals surface area (Å²) in [5, 5.41) is 3.51. The van der Waals surface area contributed by atoms with Crippen molar-refractivity contribution in [2.75, 3.05) is 20.6 Å². The van der Waals surface area contributed by atoms with Crippen molar-refractivity contribution in [1.29, 1.82) is 0 Å². The average Bonchev–Trinajstić information content (AvgIpc) is 2.18. The Balaban J connectivity index is 2.51. The van der Waals surface area contributed by atoms with Crippen LogP contribution in [0.2, 0.25) is 0 Å². The minimum Gasteiger partial charge on any atom is -0.309 e. The molecule has 0 radical (unpaired) electrons. The van der Waals surface area contributed by atoms with Crippen molar-refractivity contribution in [3.8, 4) is 0 Å². The van der Waals surface area contributed by atoms with Gasteiger partial charge in [0.25, 0.3) is 0 Å². The van der Waals surface area contributed by atoms with E-state index in [-0.39, 0.29) is 0 Å². The number of halogens is 2. The number of nitrogens with zero attached hydrogens (tertiary/aromatic N) is 1. The van der Waals surface area contributed by atoms with E-state index in [1.54, 1.807) is 0 Å². The monoisotopic (exact) mass is 348 g/mol. The quantitative estimate of drug-likeness (QED) is 0.877. The largest absolute Gasteiger partial charge is 0.309 e. The molecule has 1 unspecified atom stereocenters. The van der Waals surface area contributed by atoms with E-state index in [4.69, 9.17) is 0 Å². The smallest absolute Gasteiger partial charge is 0.0221 e. The van der Waals surface area contributed by atoms with E-state index in [1.165, 1.54) is 5.56 Å². The highest BCUT2D eigenvalue weighted by Crippen LogP contribution is 2.21. The number of hydrogen-bond donors (Lipinski definition) is 1. The third kappa shape index (κ3) is 4.95. The summed E-state index contributed by atoms with van der Waals surface area (Å²) in [6.07, 6.45) is 0. The fourth-order valence-electron chi connectivity index (χ4n) is 1.58. The molecular formula is C12H18Br2N2. The standard InChI is InChI=1S/C12H18Br2N2/c1-9(8-16(2)3)15-7-10-6-11(13)4-5-12(10)14/h4-6,9,15H,7-8H2,1-3H3. The van der Waals surface area contributed by atoms with Gasteiger partial charge in [-0.15, -0.1) is 0 Å². The van der Waals surface area contributed by atoms with E-state index in [0.29, 0.717) is 6.04 Å². The Kier molecular flexibility index (Phi) is 5.97. The van der Waals surface area contributed by atoms with Crippen molar-refractivity contribution in [1.82, 2.24) is 10.2 Å². The van der Waals surface area contributed by atoms with E-state index in [1.807, 2.05) is 6.07 Å². The van der Waals surface area contributed by atoms with E-state index >= 15 is 0 Å². The molecule has 1 aromatic rings. The van der Waals surface area contributed by atoms with Crippen LogP contribution in [0.3, 0.4) is 0 Å². The maximum absolute atomic E-state index is 3.56. The lowest BCUT2D eigenvalue weighted by molar-refractivity contribution is 0.349. The van der Waals surface area contributed by atoms with Crippen molar-refractivity contribution in [3.05, 3.63) is 32.7 Å². The zero-order valence-corrected chi connectivity index (χ0v) is 13.1. The molecule has 1 atom stereocenters. The normalized spacial score (nSPS) is 13.1. The SMILES string of the molecule is CC(CN(C)C)NCc1cc(Br)ccc1Br. The van der Waals surface area contributed by atoms with Crippen molar-refractivity contribution in [3.63, 3.8) is 0 Å². The third-order valence-corrected chi connectivity index (χ3v) is 3.55. The molecule has 0 saturated heterocycles. The molecule has 0 spiro atoms. The number of hydrogen-bond acceptors (Lipinski definition) is 2. The van der Waals surface area contributed by atoms with Crippen molar-refractivity contribution >= 4 is 31.9 Å². The van der Waals surface area contributed by atoms with Gasteiger partial charge in [0.1, 0.15) is 0 Å². The summed E-state index contributed by atoms with van der Waals surface area (Å²) in [7, 11) is 4.18. The molecule has 0 amide bonds. The van der Waals surface area contributed by atoms with Gasteiger partial charge in [-0.2, -0.15) is 0 Å². The lowest BCUT2D eigenvalue weighted by Crippen LogP contribution is -2.35. The molecule has 0 aromatic heterocycles. The molecule has 0 saturated carbocycles. The van der Waals surface area contributed by atoms with Crippen LogP contribution >= 0.6 is 31.9 Å². The van der Waals surface area contributed by atoms with Gasteiger partial charge in [-0.3, -0.25) is 0 Å². The minimum atomic E-state index is 0.487. The van der Waals surface area contributed by atoms with Crippen molar-refractivity contribution < 1.29 is 0 Å². The van der Waals surface area contributed by atoms with Crippen LogP contribution in [-0.2, 0) is 6.54 Å². The highest BCUT2D eigenvalue weighted by Gasteiger charge is 2.05. The van der Waals surface area contributed by atoms with Gasteiger partial charge in [0.05, 0.1) is 0 Å². The summed E-state index contributed by atoms with van der Waals surface area (Å²) >= 11 is 7.05. The molecule has 0 fully saturated rings. The van der Waals surface area contributed by atoms with Gasteiger partial charge in [-0.1, -0.05) is 31.9 Å². The second kappa shape index (κ2) is 6.74. The van der Waals surface area contributed by atoms with E-state index < -0.39 is 0 Å². The first-order chi connectivity index (χ1) is 7.49. The first kappa shape index (κ1) is 14.2. The summed E-state index contributed by atoms with van der Waals surface area (Å²) < 4.78 is 2.27. The number of nitrogens with one attached hydrogen (secondary N) is 1. The molecule has 0 aliphatic rings. The molecule has 4 heteroatoms. The minimum absolute atomic E-state index is 0.487. The van der Waals surface area contributed by atoms with Gasteiger partial charge in [-0.05, 0) is 44.8 Å². The van der Waals surface area contributed by atoms with E-state index in [9.17, 15) is 0 Å². The lowest BCUT2D eigenvalue weighted by atomic mass is 10.2. The summed E-state index contributed by atoms with van der Waals surface area (Å²) in [6.45, 7) is 4.13. The fraction of sp³-hybridized carbons (Fsp3) is 0.500. The van der Waals surface area contributed by atoms with Crippen LogP contribution in [0.15, 0.2) is 27.1 Å². The molecule has 0 aliphatic heterocycles. The Hall–Kier alpha value is 0.1000. The second-order valence-corrected chi connectivity index (χ2v) is 6.05. The Morgan fingerprint density at radius 3 is 2.62 bits per heavy atom. The van der Waals surface area contributed by atoms with Crippen LogP contribution in [0.5, 0.6) is 0 Å². The van der Waals surface area contributed by atoms with Gasteiger partial charge in [0.15, 0.2) is 0 Å². The predicted molar refractivity (Wildman–Crippen MR) is 76.7 cm³/mol. The lowest BCUT2D eigenvalue weighted by Gasteiger charge is -2.18. The zero-order chi connectivity index (χ0) is 12.1. The number of benzene rings is 1. The summed E-state index contributed by atoms with van der Waals surface area (Å²) in [6, 6.07) is 6.73. The molecule has 16 heavy (non-hydrogen) atoms. The van der Waals surface area contributed by atoms with Crippen molar-refractivity contribution in [2.45, 2.75) is 19.5 Å². The van der Waals surface area contributed by atoms with Gasteiger partial charge in [0.2, 0.25) is 0 Å². The molecule has 90 valence electrons. The van der Waals surface area contributed by atoms with Crippen molar-refractivity contribution in [2.24, 2.45) is 0 Å². The molecular weight excluding hydrogens is 332 g/mol. The van der Waals surface area contributed by atoms with Gasteiger partial charge in [-0.25, -0.2) is 0 Å². The van der Waals surface area contributed by atoms with Gasteiger partial charge < -0.3 is 10.2 Å². The highest BCUT2D eigenvalue weighted by molar-refractivity contribution is 9.11. The summed E-state index contributed by atoms with van der Waals surface area (Å²) in [4.78, 5) is 2.19. The third-order valence-electron chi connectivity index (χ3n) is 2.29. The van der Waals surface area contributed by atoms with Crippen LogP contribution in [-0.4, -0.2) is 31.6 Å². The van der Waals surface area contributed by atoms with Crippen LogP contribution in [0, 0.1) is 0 Å². The maximum atomic E-state index is 3.56. The molecule has 0 aliphatic carbocycles. The topological polar surface area (TPSA) is 15.3 Å². The maximum Gasteiger partial charge on any atom is 0.0221 e. The molecule has 0 bridgehead atoms. The first-order valence-corrected chi connectivity index (χ1v) is 6.89. The van der Waals surface area contributed by atoms with Crippen LogP contribution in [0.4, 0.5) is 0 Å². The number of rotatable bonds is 5. The Bertz CT molecular complexity index is 340. The second-order valence-electron chi connectivity index (χ2n) is 4.28. The highest BCUT2D eigenvalue weighted by atomic mass is 79.9. The summed E-state index contributed by atoms with van der Waals surface area (Å²) in [5.74, 6) is 0. The molecule has 1 aromatic carbocycles. The van der Waals surface area contributed by atoms with Crippen LogP contribution in [0.25, 0.3) is 0 Å². The average molecular weight is 350 g/mol. The Morgan fingerprint density at radius 1 is 1.31 bits per heavy atom. The zero-order valence-electron chi connectivity index (χ0n) is 9.93. The molecule has 1 N–H and O–H groups in total. The molecule has 2 nitrogen and oxygen atoms in total. The van der Waals surface area contributed by atoms with Crippen LogP contribution < -0.4 is 5.32 Å². The predicted octanol–water partition coefficient (Wildman–Crippen LogP) is 3.25. The van der Waals surface area contributed by atoms with Gasteiger partial charge >= 0.3 is 0 Å². The van der Waals surface area contributed by atoms with Gasteiger partial charge in [0, 0.05) is 28.1 Å². The summed E-state index contributed by atoms with van der Waals surface area (Å²) in [5.41, 5.74) is 1.28. The Morgan fingerprint density at radius 2 is 2.00 bits per heavy atom. The number of likely N-dealkylation sites (N-methyl/N-ethyl adjacent to an activating group) is 1. The Labute approximate surface area is 115 Å². The first-order valence-electron chi connectivity index (χ1n) is 5.31.